The molecule has 0 atom stereocenters. The summed E-state index contributed by atoms with van der Waals surface area (Å²) in [5.41, 5.74) is 0.957. The molecule has 21 heavy (non-hydrogen) atoms. The molecule has 0 saturated carbocycles. The summed E-state index contributed by atoms with van der Waals surface area (Å²) in [5.74, 6) is 0.422. The molecule has 0 bridgehead atoms. The second kappa shape index (κ2) is 10.4. The molecular formula is C14H22FIN4O. The van der Waals surface area contributed by atoms with Crippen LogP contribution in [0.1, 0.15) is 12.0 Å². The topological polar surface area (TPSA) is 56.7 Å². The van der Waals surface area contributed by atoms with Gasteiger partial charge in [-0.05, 0) is 17.7 Å². The summed E-state index contributed by atoms with van der Waals surface area (Å²) in [6.07, 6.45) is 0.407. The molecule has 0 saturated heterocycles. The molecule has 0 aliphatic rings. The second-order valence-electron chi connectivity index (χ2n) is 4.52. The minimum absolute atomic E-state index is 0. The number of benzene rings is 1. The van der Waals surface area contributed by atoms with Gasteiger partial charge in [0.05, 0.1) is 0 Å². The van der Waals surface area contributed by atoms with Gasteiger partial charge in [0, 0.05) is 40.7 Å². The van der Waals surface area contributed by atoms with Crippen LogP contribution in [0.25, 0.3) is 0 Å². The Labute approximate surface area is 142 Å². The fraction of sp³-hybridized carbons (Fsp3) is 0.429. The van der Waals surface area contributed by atoms with Crippen LogP contribution in [0, 0.1) is 5.82 Å². The van der Waals surface area contributed by atoms with Crippen LogP contribution >= 0.6 is 24.0 Å². The van der Waals surface area contributed by atoms with Crippen molar-refractivity contribution < 1.29 is 9.18 Å². The van der Waals surface area contributed by atoms with Gasteiger partial charge in [0.25, 0.3) is 0 Å². The van der Waals surface area contributed by atoms with Crippen molar-refractivity contribution in [3.63, 3.8) is 0 Å². The number of halogens is 2. The number of carbonyl (C=O) groups excluding carboxylic acids is 1. The van der Waals surface area contributed by atoms with E-state index in [-0.39, 0.29) is 35.7 Å². The highest BCUT2D eigenvalue weighted by atomic mass is 127. The molecule has 0 unspecified atom stereocenters. The maximum absolute atomic E-state index is 12.8. The van der Waals surface area contributed by atoms with Gasteiger partial charge >= 0.3 is 0 Å². The Balaban J connectivity index is 0.00000400. The van der Waals surface area contributed by atoms with E-state index in [1.165, 1.54) is 12.1 Å². The van der Waals surface area contributed by atoms with Gasteiger partial charge in [-0.2, -0.15) is 0 Å². The van der Waals surface area contributed by atoms with E-state index in [0.29, 0.717) is 25.5 Å². The lowest BCUT2D eigenvalue weighted by Crippen LogP contribution is -2.38. The van der Waals surface area contributed by atoms with Crippen molar-refractivity contribution in [2.75, 3.05) is 27.7 Å². The normalized spacial score (nSPS) is 10.6. The Bertz CT molecular complexity index is 463. The Kier molecular flexibility index (Phi) is 9.68. The Morgan fingerprint density at radius 3 is 2.38 bits per heavy atom. The van der Waals surface area contributed by atoms with Gasteiger partial charge in [0.15, 0.2) is 5.96 Å². The summed E-state index contributed by atoms with van der Waals surface area (Å²) >= 11 is 0. The van der Waals surface area contributed by atoms with Gasteiger partial charge < -0.3 is 15.5 Å². The van der Waals surface area contributed by atoms with Gasteiger partial charge in [-0.1, -0.05) is 12.1 Å². The zero-order valence-electron chi connectivity index (χ0n) is 12.5. The predicted molar refractivity (Wildman–Crippen MR) is 93.3 cm³/mol. The fourth-order valence-electron chi connectivity index (χ4n) is 1.52. The maximum Gasteiger partial charge on any atom is 0.223 e. The number of amides is 1. The number of nitrogens with one attached hydrogen (secondary N) is 2. The molecule has 1 amide bonds. The molecule has 0 aliphatic carbocycles. The molecule has 0 radical (unpaired) electrons. The zero-order valence-corrected chi connectivity index (χ0v) is 14.8. The SMILES string of the molecule is CN=C(NCCC(=O)N(C)C)NCc1ccc(F)cc1.I. The maximum atomic E-state index is 12.8. The molecule has 2 N–H and O–H groups in total. The smallest absolute Gasteiger partial charge is 0.223 e. The summed E-state index contributed by atoms with van der Waals surface area (Å²) in [6, 6.07) is 6.27. The van der Waals surface area contributed by atoms with E-state index in [4.69, 9.17) is 0 Å². The van der Waals surface area contributed by atoms with Crippen molar-refractivity contribution in [1.82, 2.24) is 15.5 Å². The number of aliphatic imine (C=N–C) groups is 1. The fourth-order valence-corrected chi connectivity index (χ4v) is 1.52. The number of hydrogen-bond donors (Lipinski definition) is 2. The van der Waals surface area contributed by atoms with E-state index in [1.54, 1.807) is 38.2 Å². The first-order valence-electron chi connectivity index (χ1n) is 6.42. The molecule has 0 spiro atoms. The van der Waals surface area contributed by atoms with Crippen LogP contribution < -0.4 is 10.6 Å². The van der Waals surface area contributed by atoms with Crippen LogP contribution in [0.5, 0.6) is 0 Å². The van der Waals surface area contributed by atoms with Gasteiger partial charge in [-0.15, -0.1) is 24.0 Å². The average molecular weight is 408 g/mol. The number of rotatable bonds is 5. The minimum atomic E-state index is -0.251. The van der Waals surface area contributed by atoms with E-state index in [2.05, 4.69) is 15.6 Å². The Morgan fingerprint density at radius 1 is 1.24 bits per heavy atom. The van der Waals surface area contributed by atoms with E-state index in [0.717, 1.165) is 5.56 Å². The third kappa shape index (κ3) is 7.84. The predicted octanol–water partition coefficient (Wildman–Crippen LogP) is 1.59. The molecule has 118 valence electrons. The summed E-state index contributed by atoms with van der Waals surface area (Å²) in [6.45, 7) is 1.06. The van der Waals surface area contributed by atoms with Crippen LogP contribution in [0.2, 0.25) is 0 Å². The third-order valence-electron chi connectivity index (χ3n) is 2.73. The summed E-state index contributed by atoms with van der Waals surface area (Å²) in [7, 11) is 5.11. The number of nitrogens with zero attached hydrogens (tertiary/aromatic N) is 2. The van der Waals surface area contributed by atoms with E-state index in [9.17, 15) is 9.18 Å². The lowest BCUT2D eigenvalue weighted by Gasteiger charge is -2.13. The highest BCUT2D eigenvalue weighted by molar-refractivity contribution is 14.0. The van der Waals surface area contributed by atoms with Crippen LogP contribution in [0.4, 0.5) is 4.39 Å². The van der Waals surface area contributed by atoms with Crippen LogP contribution in [0.3, 0.4) is 0 Å². The minimum Gasteiger partial charge on any atom is -0.356 e. The van der Waals surface area contributed by atoms with Crippen LogP contribution in [-0.4, -0.2) is 44.5 Å². The van der Waals surface area contributed by atoms with Crippen molar-refractivity contribution in [1.29, 1.82) is 0 Å². The molecule has 1 aromatic carbocycles. The van der Waals surface area contributed by atoms with Gasteiger partial charge in [-0.25, -0.2) is 4.39 Å². The molecule has 0 aliphatic heterocycles. The van der Waals surface area contributed by atoms with Gasteiger partial charge in [0.1, 0.15) is 5.82 Å². The highest BCUT2D eigenvalue weighted by Crippen LogP contribution is 2.01. The van der Waals surface area contributed by atoms with Crippen molar-refractivity contribution >= 4 is 35.8 Å². The first-order chi connectivity index (χ1) is 9.52. The molecule has 0 aromatic heterocycles. The van der Waals surface area contributed by atoms with E-state index >= 15 is 0 Å². The first-order valence-corrected chi connectivity index (χ1v) is 6.42. The zero-order chi connectivity index (χ0) is 15.0. The van der Waals surface area contributed by atoms with Gasteiger partial charge in [0.2, 0.25) is 5.91 Å². The summed E-state index contributed by atoms with van der Waals surface area (Å²) in [4.78, 5) is 17.0. The van der Waals surface area contributed by atoms with Crippen molar-refractivity contribution in [3.05, 3.63) is 35.6 Å². The van der Waals surface area contributed by atoms with Crippen molar-refractivity contribution in [2.24, 2.45) is 4.99 Å². The quantitative estimate of drug-likeness (QED) is 0.442. The van der Waals surface area contributed by atoms with Crippen molar-refractivity contribution in [2.45, 2.75) is 13.0 Å². The second-order valence-corrected chi connectivity index (χ2v) is 4.52. The molecule has 0 fully saturated rings. The molecule has 1 aromatic rings. The van der Waals surface area contributed by atoms with E-state index in [1.807, 2.05) is 0 Å². The molecule has 7 heteroatoms. The number of carbonyl (C=O) groups is 1. The molecular weight excluding hydrogens is 386 g/mol. The monoisotopic (exact) mass is 408 g/mol. The lowest BCUT2D eigenvalue weighted by atomic mass is 10.2. The molecule has 5 nitrogen and oxygen atoms in total. The summed E-state index contributed by atoms with van der Waals surface area (Å²) < 4.78 is 12.8. The Hall–Kier alpha value is -1.38. The van der Waals surface area contributed by atoms with Gasteiger partial charge in [-0.3, -0.25) is 9.79 Å². The first kappa shape index (κ1) is 19.6. The number of guanidine groups is 1. The van der Waals surface area contributed by atoms with E-state index < -0.39 is 0 Å². The summed E-state index contributed by atoms with van der Waals surface area (Å²) in [5, 5.41) is 6.15. The lowest BCUT2D eigenvalue weighted by molar-refractivity contribution is -0.128. The molecule has 0 heterocycles. The third-order valence-corrected chi connectivity index (χ3v) is 2.73. The molecule has 1 rings (SSSR count). The van der Waals surface area contributed by atoms with Crippen molar-refractivity contribution in [3.8, 4) is 0 Å². The Morgan fingerprint density at radius 2 is 1.86 bits per heavy atom. The largest absolute Gasteiger partial charge is 0.356 e. The van der Waals surface area contributed by atoms with Crippen LogP contribution in [0.15, 0.2) is 29.3 Å². The standard InChI is InChI=1S/C14H21FN4O.HI/c1-16-14(17-9-8-13(20)19(2)3)18-10-11-4-6-12(15)7-5-11;/h4-7H,8-10H2,1-3H3,(H2,16,17,18);1H. The number of hydrogen-bond acceptors (Lipinski definition) is 2. The van der Waals surface area contributed by atoms with Crippen LogP contribution in [-0.2, 0) is 11.3 Å². The highest BCUT2D eigenvalue weighted by Gasteiger charge is 2.04. The average Bonchev–Trinajstić information content (AvgIpc) is 2.44.